The summed E-state index contributed by atoms with van der Waals surface area (Å²) in [4.78, 5) is 13.7. The van der Waals surface area contributed by atoms with Crippen molar-refractivity contribution in [3.8, 4) is 0 Å². The van der Waals surface area contributed by atoms with Crippen LogP contribution in [0.1, 0.15) is 35.3 Å². The average Bonchev–Trinajstić information content (AvgIpc) is 2.65. The first kappa shape index (κ1) is 9.24. The quantitative estimate of drug-likeness (QED) is 0.682. The van der Waals surface area contributed by atoms with Gasteiger partial charge in [-0.15, -0.1) is 0 Å². The van der Waals surface area contributed by atoms with Crippen molar-refractivity contribution in [3.05, 3.63) is 17.5 Å². The molecule has 14 heavy (non-hydrogen) atoms. The van der Waals surface area contributed by atoms with Gasteiger partial charge in [-0.25, -0.2) is 0 Å². The maximum atomic E-state index is 11.9. The standard InChI is InChI=1S/C10H14N2O2/c1-8-7-14-11-9(8)10(13)12-5-3-2-4-6-12/h7H,2-6H2,1H3. The highest BCUT2D eigenvalue weighted by atomic mass is 16.5. The van der Waals surface area contributed by atoms with Gasteiger partial charge in [-0.3, -0.25) is 4.79 Å². The number of likely N-dealkylation sites (tertiary alicyclic amines) is 1. The second-order valence-corrected chi connectivity index (χ2v) is 3.70. The number of nitrogens with zero attached hydrogens (tertiary/aromatic N) is 2. The van der Waals surface area contributed by atoms with E-state index in [1.54, 1.807) is 0 Å². The molecular formula is C10H14N2O2. The second kappa shape index (κ2) is 3.82. The van der Waals surface area contributed by atoms with E-state index in [1.807, 2.05) is 11.8 Å². The van der Waals surface area contributed by atoms with Crippen molar-refractivity contribution in [1.82, 2.24) is 10.1 Å². The summed E-state index contributed by atoms with van der Waals surface area (Å²) >= 11 is 0. The number of carbonyl (C=O) groups excluding carboxylic acids is 1. The Morgan fingerprint density at radius 2 is 2.14 bits per heavy atom. The largest absolute Gasteiger partial charge is 0.364 e. The smallest absolute Gasteiger partial charge is 0.276 e. The molecule has 1 fully saturated rings. The number of rotatable bonds is 1. The highest BCUT2D eigenvalue weighted by Gasteiger charge is 2.22. The minimum absolute atomic E-state index is 0.0101. The van der Waals surface area contributed by atoms with Crippen LogP contribution in [0, 0.1) is 6.92 Å². The molecule has 4 nitrogen and oxygen atoms in total. The van der Waals surface area contributed by atoms with E-state index in [2.05, 4.69) is 5.16 Å². The van der Waals surface area contributed by atoms with Crippen molar-refractivity contribution in [1.29, 1.82) is 0 Å². The molecule has 0 atom stereocenters. The predicted octanol–water partition coefficient (Wildman–Crippen LogP) is 1.61. The Labute approximate surface area is 82.9 Å². The Bertz CT molecular complexity index is 327. The minimum atomic E-state index is 0.0101. The number of hydrogen-bond acceptors (Lipinski definition) is 3. The molecule has 0 radical (unpaired) electrons. The molecular weight excluding hydrogens is 180 g/mol. The molecule has 1 aliphatic heterocycles. The SMILES string of the molecule is Cc1conc1C(=O)N1CCCCC1. The molecule has 1 aromatic heterocycles. The van der Waals surface area contributed by atoms with Gasteiger partial charge in [0, 0.05) is 18.7 Å². The monoisotopic (exact) mass is 194 g/mol. The third-order valence-corrected chi connectivity index (χ3v) is 2.59. The highest BCUT2D eigenvalue weighted by molar-refractivity contribution is 5.93. The lowest BCUT2D eigenvalue weighted by Crippen LogP contribution is -2.36. The number of hydrogen-bond donors (Lipinski definition) is 0. The molecule has 2 rings (SSSR count). The third kappa shape index (κ3) is 1.64. The first-order valence-corrected chi connectivity index (χ1v) is 4.99. The van der Waals surface area contributed by atoms with Crippen molar-refractivity contribution in [2.75, 3.05) is 13.1 Å². The maximum absolute atomic E-state index is 11.9. The zero-order chi connectivity index (χ0) is 9.97. The molecule has 0 unspecified atom stereocenters. The topological polar surface area (TPSA) is 46.3 Å². The molecule has 0 spiro atoms. The van der Waals surface area contributed by atoms with Gasteiger partial charge < -0.3 is 9.42 Å². The van der Waals surface area contributed by atoms with Crippen LogP contribution in [0.15, 0.2) is 10.8 Å². The third-order valence-electron chi connectivity index (χ3n) is 2.59. The lowest BCUT2D eigenvalue weighted by atomic mass is 10.1. The van der Waals surface area contributed by atoms with Gasteiger partial charge in [0.15, 0.2) is 5.69 Å². The van der Waals surface area contributed by atoms with Crippen LogP contribution >= 0.6 is 0 Å². The molecule has 1 aliphatic rings. The number of carbonyl (C=O) groups is 1. The Hall–Kier alpha value is -1.32. The Balaban J connectivity index is 2.11. The number of piperidine rings is 1. The van der Waals surface area contributed by atoms with E-state index in [9.17, 15) is 4.79 Å². The number of amides is 1. The molecule has 76 valence electrons. The van der Waals surface area contributed by atoms with Gasteiger partial charge in [-0.1, -0.05) is 5.16 Å². The van der Waals surface area contributed by atoms with E-state index in [-0.39, 0.29) is 5.91 Å². The number of aromatic nitrogens is 1. The van der Waals surface area contributed by atoms with Crippen LogP contribution in [-0.4, -0.2) is 29.1 Å². The van der Waals surface area contributed by atoms with Gasteiger partial charge in [0.2, 0.25) is 0 Å². The molecule has 4 heteroatoms. The summed E-state index contributed by atoms with van der Waals surface area (Å²) in [7, 11) is 0. The van der Waals surface area contributed by atoms with E-state index in [1.165, 1.54) is 12.7 Å². The lowest BCUT2D eigenvalue weighted by molar-refractivity contribution is 0.0713. The summed E-state index contributed by atoms with van der Waals surface area (Å²) in [6.45, 7) is 3.55. The normalized spacial score (nSPS) is 17.1. The van der Waals surface area contributed by atoms with E-state index in [4.69, 9.17) is 4.52 Å². The highest BCUT2D eigenvalue weighted by Crippen LogP contribution is 2.14. The first-order valence-electron chi connectivity index (χ1n) is 4.99. The average molecular weight is 194 g/mol. The molecule has 0 aromatic carbocycles. The summed E-state index contributed by atoms with van der Waals surface area (Å²) in [6, 6.07) is 0. The summed E-state index contributed by atoms with van der Waals surface area (Å²) in [5, 5.41) is 3.72. The van der Waals surface area contributed by atoms with E-state index < -0.39 is 0 Å². The predicted molar refractivity (Wildman–Crippen MR) is 51.0 cm³/mol. The van der Waals surface area contributed by atoms with Crippen molar-refractivity contribution in [3.63, 3.8) is 0 Å². The summed E-state index contributed by atoms with van der Waals surface area (Å²) < 4.78 is 4.76. The molecule has 0 N–H and O–H groups in total. The summed E-state index contributed by atoms with van der Waals surface area (Å²) in [6.07, 6.45) is 4.93. The van der Waals surface area contributed by atoms with Gasteiger partial charge in [-0.2, -0.15) is 0 Å². The number of aryl methyl sites for hydroxylation is 1. The maximum Gasteiger partial charge on any atom is 0.276 e. The van der Waals surface area contributed by atoms with Crippen molar-refractivity contribution in [2.45, 2.75) is 26.2 Å². The first-order chi connectivity index (χ1) is 6.79. The van der Waals surface area contributed by atoms with Crippen LogP contribution in [0.2, 0.25) is 0 Å². The molecule has 0 bridgehead atoms. The van der Waals surface area contributed by atoms with Crippen LogP contribution in [0.25, 0.3) is 0 Å². The van der Waals surface area contributed by atoms with Crippen molar-refractivity contribution >= 4 is 5.91 Å². The fraction of sp³-hybridized carbons (Fsp3) is 0.600. The van der Waals surface area contributed by atoms with Gasteiger partial charge in [0.05, 0.1) is 0 Å². The zero-order valence-electron chi connectivity index (χ0n) is 8.32. The van der Waals surface area contributed by atoms with Gasteiger partial charge in [0.1, 0.15) is 6.26 Å². The van der Waals surface area contributed by atoms with Gasteiger partial charge in [-0.05, 0) is 26.2 Å². The van der Waals surface area contributed by atoms with Crippen LogP contribution in [0.3, 0.4) is 0 Å². The fourth-order valence-electron chi connectivity index (χ4n) is 1.74. The molecule has 1 aromatic rings. The molecule has 1 saturated heterocycles. The van der Waals surface area contributed by atoms with Crippen molar-refractivity contribution in [2.24, 2.45) is 0 Å². The van der Waals surface area contributed by atoms with E-state index in [0.717, 1.165) is 31.5 Å². The Morgan fingerprint density at radius 1 is 1.43 bits per heavy atom. The summed E-state index contributed by atoms with van der Waals surface area (Å²) in [5.74, 6) is 0.0101. The van der Waals surface area contributed by atoms with Crippen LogP contribution in [-0.2, 0) is 0 Å². The molecule has 0 saturated carbocycles. The Kier molecular flexibility index (Phi) is 2.52. The lowest BCUT2D eigenvalue weighted by Gasteiger charge is -2.25. The van der Waals surface area contributed by atoms with Gasteiger partial charge >= 0.3 is 0 Å². The zero-order valence-corrected chi connectivity index (χ0v) is 8.32. The van der Waals surface area contributed by atoms with E-state index in [0.29, 0.717) is 5.69 Å². The molecule has 1 amide bonds. The summed E-state index contributed by atoms with van der Waals surface area (Å²) in [5.41, 5.74) is 1.28. The van der Waals surface area contributed by atoms with Gasteiger partial charge in [0.25, 0.3) is 5.91 Å². The Morgan fingerprint density at radius 3 is 2.71 bits per heavy atom. The second-order valence-electron chi connectivity index (χ2n) is 3.70. The van der Waals surface area contributed by atoms with E-state index >= 15 is 0 Å². The minimum Gasteiger partial charge on any atom is -0.364 e. The molecule has 2 heterocycles. The van der Waals surface area contributed by atoms with Crippen LogP contribution in [0.5, 0.6) is 0 Å². The fourth-order valence-corrected chi connectivity index (χ4v) is 1.74. The molecule has 0 aliphatic carbocycles. The van der Waals surface area contributed by atoms with Crippen LogP contribution < -0.4 is 0 Å². The van der Waals surface area contributed by atoms with Crippen molar-refractivity contribution < 1.29 is 9.32 Å². The van der Waals surface area contributed by atoms with Crippen LogP contribution in [0.4, 0.5) is 0 Å².